The topological polar surface area (TPSA) is 50.1 Å². The van der Waals surface area contributed by atoms with Crippen molar-refractivity contribution in [2.45, 2.75) is 32.3 Å². The molecular formula is C11H21N3O. The van der Waals surface area contributed by atoms with Crippen molar-refractivity contribution in [2.24, 2.45) is 7.05 Å². The maximum Gasteiger partial charge on any atom is 0.0740 e. The van der Waals surface area contributed by atoms with Gasteiger partial charge in [0.05, 0.1) is 11.3 Å². The summed E-state index contributed by atoms with van der Waals surface area (Å²) in [5.41, 5.74) is 0.491. The molecule has 0 fully saturated rings. The summed E-state index contributed by atoms with van der Waals surface area (Å²) in [4.78, 5) is 0. The first-order valence-electron chi connectivity index (χ1n) is 5.45. The first kappa shape index (κ1) is 12.2. The molecule has 0 saturated carbocycles. The average Bonchev–Trinajstić information content (AvgIpc) is 2.59. The minimum Gasteiger partial charge on any atom is -0.389 e. The van der Waals surface area contributed by atoms with Crippen LogP contribution in [0.25, 0.3) is 0 Å². The third kappa shape index (κ3) is 4.44. The van der Waals surface area contributed by atoms with Crippen LogP contribution in [-0.4, -0.2) is 33.6 Å². The summed E-state index contributed by atoms with van der Waals surface area (Å²) < 4.78 is 1.80. The highest BCUT2D eigenvalue weighted by molar-refractivity contribution is 4.99. The second-order valence-electron chi connectivity index (χ2n) is 4.26. The van der Waals surface area contributed by atoms with Crippen LogP contribution in [-0.2, 0) is 13.5 Å². The number of aliphatic hydroxyl groups is 1. The van der Waals surface area contributed by atoms with Gasteiger partial charge in [0.25, 0.3) is 0 Å². The number of nitrogens with one attached hydrogen (secondary N) is 1. The standard InChI is InChI=1S/C11H21N3O/c1-4-11(2,15)9-12-7-5-10-6-8-14(3)13-10/h6,8,12,15H,4-5,7,9H2,1-3H3. The highest BCUT2D eigenvalue weighted by Crippen LogP contribution is 2.05. The number of hydrogen-bond acceptors (Lipinski definition) is 3. The largest absolute Gasteiger partial charge is 0.389 e. The second kappa shape index (κ2) is 5.28. The Balaban J connectivity index is 2.17. The van der Waals surface area contributed by atoms with Crippen LogP contribution in [0.5, 0.6) is 0 Å². The lowest BCUT2D eigenvalue weighted by molar-refractivity contribution is 0.0561. The molecule has 1 aromatic rings. The van der Waals surface area contributed by atoms with Gasteiger partial charge in [0.1, 0.15) is 0 Å². The number of rotatable bonds is 6. The predicted molar refractivity (Wildman–Crippen MR) is 60.7 cm³/mol. The third-order valence-corrected chi connectivity index (χ3v) is 2.59. The number of hydrogen-bond donors (Lipinski definition) is 2. The van der Waals surface area contributed by atoms with Crippen molar-refractivity contribution in [2.75, 3.05) is 13.1 Å². The Kier molecular flexibility index (Phi) is 4.29. The summed E-state index contributed by atoms with van der Waals surface area (Å²) in [6, 6.07) is 2.01. The van der Waals surface area contributed by atoms with Gasteiger partial charge >= 0.3 is 0 Å². The van der Waals surface area contributed by atoms with Gasteiger partial charge in [-0.2, -0.15) is 5.10 Å². The van der Waals surface area contributed by atoms with Gasteiger partial charge in [0.2, 0.25) is 0 Å². The van der Waals surface area contributed by atoms with E-state index in [1.807, 2.05) is 33.2 Å². The molecule has 0 saturated heterocycles. The Morgan fingerprint density at radius 1 is 1.60 bits per heavy atom. The molecule has 2 N–H and O–H groups in total. The van der Waals surface area contributed by atoms with Gasteiger partial charge in [-0.15, -0.1) is 0 Å². The van der Waals surface area contributed by atoms with Crippen LogP contribution in [0.3, 0.4) is 0 Å². The van der Waals surface area contributed by atoms with Crippen molar-refractivity contribution < 1.29 is 5.11 Å². The lowest BCUT2D eigenvalue weighted by atomic mass is 10.0. The molecule has 86 valence electrons. The first-order valence-corrected chi connectivity index (χ1v) is 5.45. The molecule has 4 heteroatoms. The summed E-state index contributed by atoms with van der Waals surface area (Å²) >= 11 is 0. The highest BCUT2D eigenvalue weighted by Gasteiger charge is 2.15. The van der Waals surface area contributed by atoms with Crippen molar-refractivity contribution in [1.29, 1.82) is 0 Å². The van der Waals surface area contributed by atoms with Crippen molar-refractivity contribution in [1.82, 2.24) is 15.1 Å². The summed E-state index contributed by atoms with van der Waals surface area (Å²) in [6.45, 7) is 5.32. The van der Waals surface area contributed by atoms with E-state index in [0.29, 0.717) is 6.54 Å². The Morgan fingerprint density at radius 3 is 2.87 bits per heavy atom. The molecule has 15 heavy (non-hydrogen) atoms. The molecule has 1 unspecified atom stereocenters. The maximum atomic E-state index is 9.74. The molecule has 1 aromatic heterocycles. The van der Waals surface area contributed by atoms with Crippen molar-refractivity contribution in [3.8, 4) is 0 Å². The van der Waals surface area contributed by atoms with Crippen molar-refractivity contribution in [3.63, 3.8) is 0 Å². The fourth-order valence-electron chi connectivity index (χ4n) is 1.30. The van der Waals surface area contributed by atoms with E-state index < -0.39 is 5.60 Å². The molecule has 1 atom stereocenters. The predicted octanol–water partition coefficient (Wildman–Crippen LogP) is 0.713. The van der Waals surface area contributed by atoms with E-state index >= 15 is 0 Å². The van der Waals surface area contributed by atoms with Gasteiger partial charge in [-0.25, -0.2) is 0 Å². The molecule has 0 aliphatic heterocycles. The van der Waals surface area contributed by atoms with E-state index in [1.165, 1.54) is 0 Å². The second-order valence-corrected chi connectivity index (χ2v) is 4.26. The zero-order chi connectivity index (χ0) is 11.3. The minimum atomic E-state index is -0.593. The summed E-state index contributed by atoms with van der Waals surface area (Å²) in [6.07, 6.45) is 3.61. The van der Waals surface area contributed by atoms with E-state index in [9.17, 15) is 5.11 Å². The molecule has 4 nitrogen and oxygen atoms in total. The fraction of sp³-hybridized carbons (Fsp3) is 0.727. The lowest BCUT2D eigenvalue weighted by Crippen LogP contribution is -2.37. The molecule has 0 aromatic carbocycles. The molecule has 0 aliphatic carbocycles. The molecule has 1 rings (SSSR count). The zero-order valence-corrected chi connectivity index (χ0v) is 9.82. The van der Waals surface area contributed by atoms with E-state index in [-0.39, 0.29) is 0 Å². The van der Waals surface area contributed by atoms with E-state index in [0.717, 1.165) is 25.1 Å². The smallest absolute Gasteiger partial charge is 0.0740 e. The van der Waals surface area contributed by atoms with Gasteiger partial charge < -0.3 is 10.4 Å². The van der Waals surface area contributed by atoms with Crippen LogP contribution in [0.1, 0.15) is 26.0 Å². The van der Waals surface area contributed by atoms with Crippen LogP contribution in [0.2, 0.25) is 0 Å². The van der Waals surface area contributed by atoms with Crippen molar-refractivity contribution >= 4 is 0 Å². The molecule has 0 aliphatic rings. The van der Waals surface area contributed by atoms with E-state index in [2.05, 4.69) is 10.4 Å². The molecule has 0 radical (unpaired) electrons. The normalized spacial score (nSPS) is 15.2. The summed E-state index contributed by atoms with van der Waals surface area (Å²) in [5, 5.41) is 17.3. The minimum absolute atomic E-state index is 0.593. The summed E-state index contributed by atoms with van der Waals surface area (Å²) in [5.74, 6) is 0. The maximum absolute atomic E-state index is 9.74. The molecule has 0 spiro atoms. The van der Waals surface area contributed by atoms with Crippen molar-refractivity contribution in [3.05, 3.63) is 18.0 Å². The molecular weight excluding hydrogens is 190 g/mol. The van der Waals surface area contributed by atoms with E-state index in [4.69, 9.17) is 0 Å². The number of aryl methyl sites for hydroxylation is 1. The van der Waals surface area contributed by atoms with E-state index in [1.54, 1.807) is 4.68 Å². The fourth-order valence-corrected chi connectivity index (χ4v) is 1.30. The van der Waals surface area contributed by atoms with Gasteiger partial charge in [0.15, 0.2) is 0 Å². The molecule has 0 amide bonds. The van der Waals surface area contributed by atoms with Gasteiger partial charge in [-0.1, -0.05) is 6.92 Å². The van der Waals surface area contributed by atoms with Crippen LogP contribution >= 0.6 is 0 Å². The van der Waals surface area contributed by atoms with Crippen LogP contribution in [0.15, 0.2) is 12.3 Å². The summed E-state index contributed by atoms with van der Waals surface area (Å²) in [7, 11) is 1.92. The Labute approximate surface area is 91.3 Å². The van der Waals surface area contributed by atoms with Gasteiger partial charge in [-0.3, -0.25) is 4.68 Å². The van der Waals surface area contributed by atoms with Gasteiger partial charge in [-0.05, 0) is 19.4 Å². The molecule has 1 heterocycles. The van der Waals surface area contributed by atoms with Crippen LogP contribution in [0.4, 0.5) is 0 Å². The van der Waals surface area contributed by atoms with Crippen LogP contribution < -0.4 is 5.32 Å². The first-order chi connectivity index (χ1) is 7.03. The SMILES string of the molecule is CCC(C)(O)CNCCc1ccn(C)n1. The van der Waals surface area contributed by atoms with Crippen LogP contribution in [0, 0.1) is 0 Å². The number of aromatic nitrogens is 2. The monoisotopic (exact) mass is 211 g/mol. The molecule has 0 bridgehead atoms. The highest BCUT2D eigenvalue weighted by atomic mass is 16.3. The Bertz CT molecular complexity index is 294. The zero-order valence-electron chi connectivity index (χ0n) is 9.82. The van der Waals surface area contributed by atoms with Gasteiger partial charge in [0, 0.05) is 32.8 Å². The Hall–Kier alpha value is -0.870. The average molecular weight is 211 g/mol. The third-order valence-electron chi connectivity index (χ3n) is 2.59. The number of nitrogens with zero attached hydrogens (tertiary/aromatic N) is 2. The Morgan fingerprint density at radius 2 is 2.33 bits per heavy atom. The lowest BCUT2D eigenvalue weighted by Gasteiger charge is -2.21. The quantitative estimate of drug-likeness (QED) is 0.681.